The summed E-state index contributed by atoms with van der Waals surface area (Å²) in [6.45, 7) is 5.17. The van der Waals surface area contributed by atoms with E-state index in [0.717, 1.165) is 59.2 Å². The fourth-order valence-corrected chi connectivity index (χ4v) is 3.36. The van der Waals surface area contributed by atoms with Crippen molar-refractivity contribution in [3.8, 4) is 17.1 Å². The Bertz CT molecular complexity index is 861. The van der Waals surface area contributed by atoms with Gasteiger partial charge in [-0.1, -0.05) is 12.1 Å². The van der Waals surface area contributed by atoms with Crippen molar-refractivity contribution in [1.82, 2.24) is 19.5 Å². The first-order valence-corrected chi connectivity index (χ1v) is 9.41. The number of pyridine rings is 1. The summed E-state index contributed by atoms with van der Waals surface area (Å²) in [4.78, 5) is 2.36. The van der Waals surface area contributed by atoms with Gasteiger partial charge in [0.2, 0.25) is 0 Å². The number of fused-ring (bicyclic) bond motifs is 1. The standard InChI is InChI=1S/C18H19IN4O2/c19-15-4-5-17-20-21-18(23(17)13-15)14-2-1-3-16(12-14)25-11-8-22-6-9-24-10-7-22/h1-5,12-13H,6-11H2. The van der Waals surface area contributed by atoms with Crippen molar-refractivity contribution in [3.05, 3.63) is 46.2 Å². The molecule has 0 amide bonds. The number of morpholine rings is 1. The van der Waals surface area contributed by atoms with Gasteiger partial charge in [-0.3, -0.25) is 9.30 Å². The zero-order valence-electron chi connectivity index (χ0n) is 13.8. The van der Waals surface area contributed by atoms with E-state index in [1.165, 1.54) is 0 Å². The quantitative estimate of drug-likeness (QED) is 0.560. The second kappa shape index (κ2) is 7.67. The molecule has 0 atom stereocenters. The summed E-state index contributed by atoms with van der Waals surface area (Å²) in [6, 6.07) is 12.0. The lowest BCUT2D eigenvalue weighted by Crippen LogP contribution is -2.38. The van der Waals surface area contributed by atoms with Gasteiger partial charge in [-0.05, 0) is 46.9 Å². The lowest BCUT2D eigenvalue weighted by Gasteiger charge is -2.26. The van der Waals surface area contributed by atoms with E-state index in [4.69, 9.17) is 9.47 Å². The zero-order chi connectivity index (χ0) is 17.1. The van der Waals surface area contributed by atoms with E-state index in [-0.39, 0.29) is 0 Å². The molecule has 0 unspecified atom stereocenters. The maximum atomic E-state index is 5.94. The van der Waals surface area contributed by atoms with E-state index < -0.39 is 0 Å². The molecule has 1 fully saturated rings. The van der Waals surface area contributed by atoms with E-state index >= 15 is 0 Å². The van der Waals surface area contributed by atoms with Gasteiger partial charge >= 0.3 is 0 Å². The Morgan fingerprint density at radius 3 is 2.88 bits per heavy atom. The molecule has 1 aliphatic heterocycles. The second-order valence-electron chi connectivity index (χ2n) is 5.93. The van der Waals surface area contributed by atoms with Gasteiger partial charge in [0.15, 0.2) is 11.5 Å². The number of nitrogens with zero attached hydrogens (tertiary/aromatic N) is 4. The van der Waals surface area contributed by atoms with Gasteiger partial charge in [0.05, 0.1) is 13.2 Å². The number of benzene rings is 1. The highest BCUT2D eigenvalue weighted by Gasteiger charge is 2.11. The zero-order valence-corrected chi connectivity index (χ0v) is 15.9. The summed E-state index contributed by atoms with van der Waals surface area (Å²) in [5.41, 5.74) is 1.84. The van der Waals surface area contributed by atoms with Gasteiger partial charge in [-0.25, -0.2) is 0 Å². The van der Waals surface area contributed by atoms with Crippen LogP contribution in [0.3, 0.4) is 0 Å². The summed E-state index contributed by atoms with van der Waals surface area (Å²) >= 11 is 2.29. The molecule has 3 aromatic rings. The first-order valence-electron chi connectivity index (χ1n) is 8.33. The number of hydrogen-bond acceptors (Lipinski definition) is 5. The number of ether oxygens (including phenoxy) is 2. The van der Waals surface area contributed by atoms with Crippen molar-refractivity contribution in [1.29, 1.82) is 0 Å². The minimum Gasteiger partial charge on any atom is -0.492 e. The molecule has 3 heterocycles. The Balaban J connectivity index is 1.48. The molecule has 1 aliphatic rings. The predicted octanol–water partition coefficient (Wildman–Crippen LogP) is 2.71. The van der Waals surface area contributed by atoms with Crippen molar-refractivity contribution < 1.29 is 9.47 Å². The SMILES string of the molecule is Ic1ccc2nnc(-c3cccc(OCCN4CCOCC4)c3)n2c1. The maximum Gasteiger partial charge on any atom is 0.168 e. The molecule has 6 nitrogen and oxygen atoms in total. The fraction of sp³-hybridized carbons (Fsp3) is 0.333. The van der Waals surface area contributed by atoms with E-state index in [0.29, 0.717) is 6.61 Å². The Morgan fingerprint density at radius 1 is 1.12 bits per heavy atom. The van der Waals surface area contributed by atoms with Crippen LogP contribution >= 0.6 is 22.6 Å². The molecular weight excluding hydrogens is 431 g/mol. The van der Waals surface area contributed by atoms with Crippen LogP contribution in [0.4, 0.5) is 0 Å². The Hall–Kier alpha value is -1.71. The van der Waals surface area contributed by atoms with Crippen molar-refractivity contribution in [3.63, 3.8) is 0 Å². The molecule has 130 valence electrons. The molecule has 0 radical (unpaired) electrons. The average molecular weight is 450 g/mol. The topological polar surface area (TPSA) is 51.9 Å². The molecule has 2 aromatic heterocycles. The average Bonchev–Trinajstić information content (AvgIpc) is 3.06. The maximum absolute atomic E-state index is 5.94. The molecule has 25 heavy (non-hydrogen) atoms. The minimum absolute atomic E-state index is 0.669. The van der Waals surface area contributed by atoms with Gasteiger partial charge in [0.25, 0.3) is 0 Å². The van der Waals surface area contributed by atoms with Crippen LogP contribution in [0.2, 0.25) is 0 Å². The Kier molecular flexibility index (Phi) is 5.14. The van der Waals surface area contributed by atoms with Crippen LogP contribution in [-0.2, 0) is 4.74 Å². The molecule has 4 rings (SSSR count). The molecule has 0 aliphatic carbocycles. The smallest absolute Gasteiger partial charge is 0.168 e. The van der Waals surface area contributed by atoms with E-state index in [9.17, 15) is 0 Å². The molecular formula is C18H19IN4O2. The molecule has 0 N–H and O–H groups in total. The highest BCUT2D eigenvalue weighted by Crippen LogP contribution is 2.23. The van der Waals surface area contributed by atoms with Crippen LogP contribution in [0.15, 0.2) is 42.6 Å². The molecule has 0 saturated carbocycles. The highest BCUT2D eigenvalue weighted by molar-refractivity contribution is 14.1. The van der Waals surface area contributed by atoms with E-state index in [1.54, 1.807) is 0 Å². The molecule has 0 bridgehead atoms. The Morgan fingerprint density at radius 2 is 2.00 bits per heavy atom. The molecule has 0 spiro atoms. The van der Waals surface area contributed by atoms with Crippen LogP contribution in [0, 0.1) is 3.57 Å². The highest BCUT2D eigenvalue weighted by atomic mass is 127. The van der Waals surface area contributed by atoms with Gasteiger partial charge in [-0.2, -0.15) is 0 Å². The Labute approximate surface area is 159 Å². The van der Waals surface area contributed by atoms with Gasteiger partial charge in [-0.15, -0.1) is 10.2 Å². The van der Waals surface area contributed by atoms with Crippen LogP contribution in [0.25, 0.3) is 17.0 Å². The number of halogens is 1. The summed E-state index contributed by atoms with van der Waals surface area (Å²) in [7, 11) is 0. The number of aromatic nitrogens is 3. The molecule has 7 heteroatoms. The van der Waals surface area contributed by atoms with Crippen LogP contribution in [0.1, 0.15) is 0 Å². The normalized spacial score (nSPS) is 15.6. The first kappa shape index (κ1) is 16.7. The van der Waals surface area contributed by atoms with Gasteiger partial charge in [0.1, 0.15) is 12.4 Å². The molecule has 1 saturated heterocycles. The van der Waals surface area contributed by atoms with Crippen molar-refractivity contribution >= 4 is 28.2 Å². The third kappa shape index (κ3) is 3.94. The second-order valence-corrected chi connectivity index (χ2v) is 7.18. The summed E-state index contributed by atoms with van der Waals surface area (Å²) in [5, 5.41) is 8.57. The largest absolute Gasteiger partial charge is 0.492 e. The predicted molar refractivity (Wildman–Crippen MR) is 104 cm³/mol. The minimum atomic E-state index is 0.669. The summed E-state index contributed by atoms with van der Waals surface area (Å²) < 4.78 is 14.5. The fourth-order valence-electron chi connectivity index (χ4n) is 2.90. The lowest BCUT2D eigenvalue weighted by atomic mass is 10.2. The van der Waals surface area contributed by atoms with Crippen molar-refractivity contribution in [2.24, 2.45) is 0 Å². The summed E-state index contributed by atoms with van der Waals surface area (Å²) in [5.74, 6) is 1.68. The van der Waals surface area contributed by atoms with E-state index in [2.05, 4.69) is 37.7 Å². The first-order chi connectivity index (χ1) is 12.3. The van der Waals surface area contributed by atoms with Crippen LogP contribution in [0.5, 0.6) is 5.75 Å². The lowest BCUT2D eigenvalue weighted by molar-refractivity contribution is 0.0322. The molecule has 1 aromatic carbocycles. The van der Waals surface area contributed by atoms with Gasteiger partial charge < -0.3 is 9.47 Å². The summed E-state index contributed by atoms with van der Waals surface area (Å²) in [6.07, 6.45) is 2.04. The number of hydrogen-bond donors (Lipinski definition) is 0. The van der Waals surface area contributed by atoms with Crippen LogP contribution < -0.4 is 4.74 Å². The van der Waals surface area contributed by atoms with Gasteiger partial charge in [0, 0.05) is 35.0 Å². The van der Waals surface area contributed by atoms with Crippen molar-refractivity contribution in [2.75, 3.05) is 39.5 Å². The van der Waals surface area contributed by atoms with E-state index in [1.807, 2.05) is 47.0 Å². The monoisotopic (exact) mass is 450 g/mol. The van der Waals surface area contributed by atoms with Crippen molar-refractivity contribution in [2.45, 2.75) is 0 Å². The number of rotatable bonds is 5. The van der Waals surface area contributed by atoms with Crippen LogP contribution in [-0.4, -0.2) is 59.0 Å². The third-order valence-electron chi connectivity index (χ3n) is 4.24. The third-order valence-corrected chi connectivity index (χ3v) is 4.88.